The number of benzene rings is 1. The summed E-state index contributed by atoms with van der Waals surface area (Å²) in [7, 11) is 0. The summed E-state index contributed by atoms with van der Waals surface area (Å²) in [6, 6.07) is 13.9. The summed E-state index contributed by atoms with van der Waals surface area (Å²) in [4.78, 5) is 14.1. The predicted molar refractivity (Wildman–Crippen MR) is 97.8 cm³/mol. The lowest BCUT2D eigenvalue weighted by molar-refractivity contribution is -0.385. The normalized spacial score (nSPS) is 16.5. The van der Waals surface area contributed by atoms with Crippen LogP contribution in [0, 0.1) is 22.0 Å². The van der Waals surface area contributed by atoms with E-state index in [-0.39, 0.29) is 5.69 Å². The third-order valence-corrected chi connectivity index (χ3v) is 4.16. The Morgan fingerprint density at radius 2 is 2.08 bits per heavy atom. The minimum atomic E-state index is -0.462. The van der Waals surface area contributed by atoms with Crippen LogP contribution in [0.15, 0.2) is 54.7 Å². The van der Waals surface area contributed by atoms with Crippen molar-refractivity contribution in [3.05, 3.63) is 76.1 Å². The van der Waals surface area contributed by atoms with Crippen LogP contribution in [0.1, 0.15) is 30.5 Å². The number of hydrogen-bond donors (Lipinski definition) is 1. The second-order valence-electron chi connectivity index (χ2n) is 5.90. The third-order valence-electron chi connectivity index (χ3n) is 4.16. The molecule has 1 atom stereocenters. The Morgan fingerprint density at radius 1 is 1.24 bits per heavy atom. The molecule has 0 spiro atoms. The molecule has 5 heteroatoms. The van der Waals surface area contributed by atoms with Gasteiger partial charge in [-0.15, -0.1) is 0 Å². The molecule has 2 heterocycles. The van der Waals surface area contributed by atoms with Gasteiger partial charge in [-0.3, -0.25) is 10.1 Å². The van der Waals surface area contributed by atoms with Crippen LogP contribution < -0.4 is 5.32 Å². The first-order valence-electron chi connectivity index (χ1n) is 8.29. The van der Waals surface area contributed by atoms with E-state index in [9.17, 15) is 10.1 Å². The fourth-order valence-electron chi connectivity index (χ4n) is 2.83. The van der Waals surface area contributed by atoms with E-state index in [0.29, 0.717) is 11.7 Å². The molecule has 0 aliphatic carbocycles. The molecule has 1 unspecified atom stereocenters. The summed E-state index contributed by atoms with van der Waals surface area (Å²) in [6.07, 6.45) is 6.21. The van der Waals surface area contributed by atoms with E-state index in [1.165, 1.54) is 23.4 Å². The zero-order valence-corrected chi connectivity index (χ0v) is 13.8. The van der Waals surface area contributed by atoms with Crippen LogP contribution in [-0.2, 0) is 0 Å². The molecule has 3 rings (SSSR count). The monoisotopic (exact) mass is 333 g/mol. The Balaban J connectivity index is 1.51. The Kier molecular flexibility index (Phi) is 5.55. The van der Waals surface area contributed by atoms with E-state index in [4.69, 9.17) is 0 Å². The molecule has 25 heavy (non-hydrogen) atoms. The number of hydrogen-bond acceptors (Lipinski definition) is 4. The van der Waals surface area contributed by atoms with Gasteiger partial charge in [-0.1, -0.05) is 42.3 Å². The molecule has 126 valence electrons. The summed E-state index contributed by atoms with van der Waals surface area (Å²) in [5.41, 5.74) is 3.22. The lowest BCUT2D eigenvalue weighted by Gasteiger charge is -2.24. The van der Waals surface area contributed by atoms with Crippen molar-refractivity contribution in [1.82, 2.24) is 10.3 Å². The fraction of sp³-hybridized carbons (Fsp3) is 0.250. The van der Waals surface area contributed by atoms with Crippen LogP contribution in [0.25, 0.3) is 5.57 Å². The smallest absolute Gasteiger partial charge is 0.287 e. The first-order valence-corrected chi connectivity index (χ1v) is 8.29. The lowest BCUT2D eigenvalue weighted by Crippen LogP contribution is -2.32. The van der Waals surface area contributed by atoms with Gasteiger partial charge in [-0.05, 0) is 36.0 Å². The van der Waals surface area contributed by atoms with E-state index in [1.807, 2.05) is 6.07 Å². The van der Waals surface area contributed by atoms with Gasteiger partial charge in [0.1, 0.15) is 11.9 Å². The van der Waals surface area contributed by atoms with Crippen molar-refractivity contribution < 1.29 is 4.92 Å². The van der Waals surface area contributed by atoms with Gasteiger partial charge in [-0.25, -0.2) is 4.98 Å². The zero-order chi connectivity index (χ0) is 17.5. The van der Waals surface area contributed by atoms with Gasteiger partial charge in [0.25, 0.3) is 5.69 Å². The van der Waals surface area contributed by atoms with Crippen LogP contribution in [0.3, 0.4) is 0 Å². The molecular weight excluding hydrogens is 314 g/mol. The molecule has 2 aromatic rings. The summed E-state index contributed by atoms with van der Waals surface area (Å²) in [6.45, 7) is 0.881. The third kappa shape index (κ3) is 4.75. The molecule has 1 aromatic carbocycles. The Hall–Kier alpha value is -2.97. The van der Waals surface area contributed by atoms with E-state index in [1.54, 1.807) is 6.07 Å². The topological polar surface area (TPSA) is 68.1 Å². The highest BCUT2D eigenvalue weighted by atomic mass is 16.6. The first-order chi connectivity index (χ1) is 12.2. The minimum absolute atomic E-state index is 0.0165. The summed E-state index contributed by atoms with van der Waals surface area (Å²) < 4.78 is 0. The van der Waals surface area contributed by atoms with Crippen LogP contribution in [0.2, 0.25) is 0 Å². The van der Waals surface area contributed by atoms with Gasteiger partial charge in [0.05, 0.1) is 4.92 Å². The standard InChI is InChI=1S/C20H19N3O2/c24-23(25)20-11-10-18(22-15-20)8-4-5-9-19-14-17(12-13-21-19)16-6-2-1-3-7-16/h1-3,6-7,10-12,15,19,21H,5,9,13-14H2. The molecular formula is C20H19N3O2. The number of aromatic nitrogens is 1. The fourth-order valence-corrected chi connectivity index (χ4v) is 2.83. The number of nitrogens with zero attached hydrogens (tertiary/aromatic N) is 2. The number of nitro groups is 1. The van der Waals surface area contributed by atoms with Gasteiger partial charge in [-0.2, -0.15) is 0 Å². The maximum absolute atomic E-state index is 10.6. The molecule has 0 saturated heterocycles. The Morgan fingerprint density at radius 3 is 2.80 bits per heavy atom. The van der Waals surface area contributed by atoms with Crippen molar-refractivity contribution in [3.8, 4) is 11.8 Å². The SMILES string of the molecule is O=[N+]([O-])c1ccc(C#CCCC2CC(c3ccccc3)=CCN2)nc1. The van der Waals surface area contributed by atoms with E-state index < -0.39 is 4.92 Å². The van der Waals surface area contributed by atoms with Crippen molar-refractivity contribution in [2.45, 2.75) is 25.3 Å². The van der Waals surface area contributed by atoms with Crippen molar-refractivity contribution in [2.75, 3.05) is 6.54 Å². The maximum atomic E-state index is 10.6. The molecule has 5 nitrogen and oxygen atoms in total. The van der Waals surface area contributed by atoms with E-state index >= 15 is 0 Å². The first kappa shape index (κ1) is 16.9. The molecule has 0 bridgehead atoms. The summed E-state index contributed by atoms with van der Waals surface area (Å²) in [5, 5.41) is 14.1. The van der Waals surface area contributed by atoms with E-state index in [0.717, 1.165) is 25.8 Å². The Labute approximate surface area is 146 Å². The average Bonchev–Trinajstić information content (AvgIpc) is 2.66. The molecule has 0 radical (unpaired) electrons. The Bertz CT molecular complexity index is 818. The van der Waals surface area contributed by atoms with Gasteiger partial charge >= 0.3 is 0 Å². The number of nitrogens with one attached hydrogen (secondary N) is 1. The molecule has 1 N–H and O–H groups in total. The number of pyridine rings is 1. The van der Waals surface area contributed by atoms with Crippen molar-refractivity contribution in [3.63, 3.8) is 0 Å². The molecule has 1 aromatic heterocycles. The highest BCUT2D eigenvalue weighted by Crippen LogP contribution is 2.23. The molecule has 0 fully saturated rings. The average molecular weight is 333 g/mol. The second-order valence-corrected chi connectivity index (χ2v) is 5.90. The highest BCUT2D eigenvalue weighted by molar-refractivity contribution is 5.66. The highest BCUT2D eigenvalue weighted by Gasteiger charge is 2.15. The van der Waals surface area contributed by atoms with Gasteiger partial charge in [0, 0.05) is 25.1 Å². The number of rotatable bonds is 4. The van der Waals surface area contributed by atoms with Crippen LogP contribution in [0.5, 0.6) is 0 Å². The van der Waals surface area contributed by atoms with Crippen LogP contribution in [0.4, 0.5) is 5.69 Å². The summed E-state index contributed by atoms with van der Waals surface area (Å²) >= 11 is 0. The van der Waals surface area contributed by atoms with E-state index in [2.05, 4.69) is 52.5 Å². The van der Waals surface area contributed by atoms with Gasteiger partial charge < -0.3 is 5.32 Å². The summed E-state index contributed by atoms with van der Waals surface area (Å²) in [5.74, 6) is 6.08. The molecule has 1 aliphatic rings. The largest absolute Gasteiger partial charge is 0.310 e. The van der Waals surface area contributed by atoms with Gasteiger partial charge in [0.2, 0.25) is 0 Å². The van der Waals surface area contributed by atoms with Crippen molar-refractivity contribution >= 4 is 11.3 Å². The lowest BCUT2D eigenvalue weighted by atomic mass is 9.93. The van der Waals surface area contributed by atoms with Crippen molar-refractivity contribution in [1.29, 1.82) is 0 Å². The van der Waals surface area contributed by atoms with Crippen LogP contribution in [-0.4, -0.2) is 22.5 Å². The second kappa shape index (κ2) is 8.22. The molecule has 0 amide bonds. The maximum Gasteiger partial charge on any atom is 0.287 e. The van der Waals surface area contributed by atoms with Crippen molar-refractivity contribution in [2.24, 2.45) is 0 Å². The quantitative estimate of drug-likeness (QED) is 0.528. The van der Waals surface area contributed by atoms with Crippen LogP contribution >= 0.6 is 0 Å². The minimum Gasteiger partial charge on any atom is -0.310 e. The predicted octanol–water partition coefficient (Wildman–Crippen LogP) is 3.57. The van der Waals surface area contributed by atoms with Gasteiger partial charge in [0.15, 0.2) is 0 Å². The molecule has 0 saturated carbocycles. The zero-order valence-electron chi connectivity index (χ0n) is 13.8. The molecule has 1 aliphatic heterocycles.